The molecule has 155 valence electrons. The molecule has 0 aromatic heterocycles. The largest absolute Gasteiger partial charge is 0.497 e. The minimum absolute atomic E-state index is 0.215. The van der Waals surface area contributed by atoms with Crippen molar-refractivity contribution in [3.8, 4) is 16.9 Å². The lowest BCUT2D eigenvalue weighted by atomic mass is 9.68. The van der Waals surface area contributed by atoms with Crippen LogP contribution in [0.15, 0.2) is 54.3 Å². The summed E-state index contributed by atoms with van der Waals surface area (Å²) in [5.41, 5.74) is 7.23. The summed E-state index contributed by atoms with van der Waals surface area (Å²) in [6, 6.07) is 14.4. The molecular weight excluding hydrogens is 372 g/mol. The zero-order valence-electron chi connectivity index (χ0n) is 17.9. The van der Waals surface area contributed by atoms with Crippen molar-refractivity contribution in [1.82, 2.24) is 0 Å². The summed E-state index contributed by atoms with van der Waals surface area (Å²) in [5.74, 6) is 1.56. The van der Waals surface area contributed by atoms with Crippen molar-refractivity contribution in [3.05, 3.63) is 71.5 Å². The van der Waals surface area contributed by atoms with Crippen molar-refractivity contribution in [1.29, 1.82) is 0 Å². The van der Waals surface area contributed by atoms with Crippen LogP contribution in [0.5, 0.6) is 5.75 Å². The summed E-state index contributed by atoms with van der Waals surface area (Å²) in [7, 11) is 3.38. The molecule has 0 saturated heterocycles. The van der Waals surface area contributed by atoms with Crippen LogP contribution in [0, 0.1) is 17.4 Å². The molecule has 0 heterocycles. The molecule has 1 spiro atoms. The molecular formula is C27H29O3. The highest BCUT2D eigenvalue weighted by atomic mass is 16.5. The second kappa shape index (κ2) is 9.04. The van der Waals surface area contributed by atoms with E-state index in [2.05, 4.69) is 36.1 Å². The number of methoxy groups -OCH3 is 2. The van der Waals surface area contributed by atoms with Gasteiger partial charge < -0.3 is 9.47 Å². The zero-order valence-corrected chi connectivity index (χ0v) is 17.9. The Morgan fingerprint density at radius 3 is 2.67 bits per heavy atom. The van der Waals surface area contributed by atoms with Gasteiger partial charge in [0.2, 0.25) is 0 Å². The summed E-state index contributed by atoms with van der Waals surface area (Å²) < 4.78 is 10.4. The van der Waals surface area contributed by atoms with Crippen LogP contribution < -0.4 is 4.74 Å². The maximum Gasteiger partial charge on any atom is 0.169 e. The van der Waals surface area contributed by atoms with Gasteiger partial charge in [-0.15, -0.1) is 5.73 Å². The minimum Gasteiger partial charge on any atom is -0.497 e. The molecule has 3 heteroatoms. The van der Waals surface area contributed by atoms with Crippen LogP contribution >= 0.6 is 0 Å². The van der Waals surface area contributed by atoms with E-state index in [-0.39, 0.29) is 5.41 Å². The molecule has 30 heavy (non-hydrogen) atoms. The predicted molar refractivity (Wildman–Crippen MR) is 119 cm³/mol. The molecule has 3 nitrogen and oxygen atoms in total. The van der Waals surface area contributed by atoms with Gasteiger partial charge in [-0.2, -0.15) is 0 Å². The van der Waals surface area contributed by atoms with E-state index in [1.807, 2.05) is 24.3 Å². The molecule has 0 bridgehead atoms. The molecule has 0 atom stereocenters. The van der Waals surface area contributed by atoms with Crippen molar-refractivity contribution in [2.24, 2.45) is 11.3 Å². The average Bonchev–Trinajstić information content (AvgIpc) is 3.06. The first-order valence-electron chi connectivity index (χ1n) is 10.8. The molecule has 0 aliphatic heterocycles. The summed E-state index contributed by atoms with van der Waals surface area (Å²) in [5, 5.41) is 0. The van der Waals surface area contributed by atoms with Gasteiger partial charge in [-0.05, 0) is 85.4 Å². The number of carbonyl (C=O) groups is 1. The lowest BCUT2D eigenvalue weighted by Gasteiger charge is -2.34. The second-order valence-electron chi connectivity index (χ2n) is 8.44. The quantitative estimate of drug-likeness (QED) is 0.451. The van der Waals surface area contributed by atoms with Crippen molar-refractivity contribution in [2.75, 3.05) is 20.8 Å². The Bertz CT molecular complexity index is 973. The summed E-state index contributed by atoms with van der Waals surface area (Å²) in [6.07, 6.45) is 11.0. The van der Waals surface area contributed by atoms with Gasteiger partial charge in [0.25, 0.3) is 0 Å². The third-order valence-corrected chi connectivity index (χ3v) is 6.57. The molecule has 0 amide bonds. The zero-order chi connectivity index (χ0) is 21.0. The second-order valence-corrected chi connectivity index (χ2v) is 8.44. The molecule has 2 aliphatic rings. The summed E-state index contributed by atoms with van der Waals surface area (Å²) in [6.45, 7) is 0.715. The van der Waals surface area contributed by atoms with Crippen LogP contribution in [0.25, 0.3) is 11.1 Å². The number of Topliss-reactive ketones (excluding diaryl/α,β-unsaturated/α-hetero) is 1. The fourth-order valence-corrected chi connectivity index (χ4v) is 4.80. The van der Waals surface area contributed by atoms with Crippen molar-refractivity contribution >= 4 is 5.78 Å². The van der Waals surface area contributed by atoms with E-state index in [0.717, 1.165) is 61.0 Å². The number of ketones is 1. The molecule has 4 rings (SSSR count). The number of fused-ring (bicyclic) bond motifs is 1. The number of rotatable bonds is 6. The van der Waals surface area contributed by atoms with Gasteiger partial charge in [-0.3, -0.25) is 4.79 Å². The fourth-order valence-electron chi connectivity index (χ4n) is 4.80. The normalized spacial score (nSPS) is 22.5. The SMILES string of the molecule is COCCC=C=[C]C1CCC2(CC1)Cc1ccc(-c3cccc(OC)c3)cc1C2=O. The Labute approximate surface area is 179 Å². The van der Waals surface area contributed by atoms with E-state index >= 15 is 0 Å². The highest BCUT2D eigenvalue weighted by molar-refractivity contribution is 6.05. The molecule has 1 fully saturated rings. The molecule has 1 saturated carbocycles. The van der Waals surface area contributed by atoms with Crippen LogP contribution in [0.4, 0.5) is 0 Å². The number of benzene rings is 2. The van der Waals surface area contributed by atoms with Crippen molar-refractivity contribution in [3.63, 3.8) is 0 Å². The standard InChI is InChI=1S/C27H29O3/c1-29-16-5-3-4-7-20-12-14-27(15-13-20)19-23-11-10-22(18-25(23)26(27)28)21-8-6-9-24(17-21)30-2/h3,6,8-11,17-18,20H,5,12-16,19H2,1-2H3. The lowest BCUT2D eigenvalue weighted by Crippen LogP contribution is -2.32. The maximum absolute atomic E-state index is 13.4. The van der Waals surface area contributed by atoms with E-state index < -0.39 is 0 Å². The Morgan fingerprint density at radius 1 is 1.10 bits per heavy atom. The Morgan fingerprint density at radius 2 is 1.90 bits per heavy atom. The van der Waals surface area contributed by atoms with Gasteiger partial charge in [0.05, 0.1) is 13.7 Å². The van der Waals surface area contributed by atoms with Gasteiger partial charge in [0, 0.05) is 24.2 Å². The van der Waals surface area contributed by atoms with Crippen molar-refractivity contribution < 1.29 is 14.3 Å². The topological polar surface area (TPSA) is 35.5 Å². The Hall–Kier alpha value is -2.61. The molecule has 2 aromatic carbocycles. The maximum atomic E-state index is 13.4. The van der Waals surface area contributed by atoms with Gasteiger partial charge in [0.1, 0.15) is 5.75 Å². The lowest BCUT2D eigenvalue weighted by molar-refractivity contribution is 0.0722. The van der Waals surface area contributed by atoms with Crippen LogP contribution in [0.1, 0.15) is 48.0 Å². The van der Waals surface area contributed by atoms with Gasteiger partial charge >= 0.3 is 0 Å². The van der Waals surface area contributed by atoms with E-state index in [1.54, 1.807) is 14.2 Å². The van der Waals surface area contributed by atoms with Crippen molar-refractivity contribution in [2.45, 2.75) is 38.5 Å². The van der Waals surface area contributed by atoms with Gasteiger partial charge in [-0.25, -0.2) is 0 Å². The van der Waals surface area contributed by atoms with E-state index in [1.165, 1.54) is 5.56 Å². The van der Waals surface area contributed by atoms with Crippen LogP contribution in [0.2, 0.25) is 0 Å². The van der Waals surface area contributed by atoms with Gasteiger partial charge in [-0.1, -0.05) is 24.3 Å². The first-order chi connectivity index (χ1) is 14.6. The molecule has 2 aliphatic carbocycles. The summed E-state index contributed by atoms with van der Waals surface area (Å²) >= 11 is 0. The highest BCUT2D eigenvalue weighted by Crippen LogP contribution is 2.49. The molecule has 0 unspecified atom stereocenters. The van der Waals surface area contributed by atoms with E-state index in [0.29, 0.717) is 18.3 Å². The first kappa shape index (κ1) is 20.7. The first-order valence-corrected chi connectivity index (χ1v) is 10.8. The minimum atomic E-state index is -0.215. The Balaban J connectivity index is 1.47. The third-order valence-electron chi connectivity index (χ3n) is 6.57. The van der Waals surface area contributed by atoms with Crippen LogP contribution in [-0.2, 0) is 11.2 Å². The Kier molecular flexibility index (Phi) is 6.22. The molecule has 2 aromatic rings. The van der Waals surface area contributed by atoms with Gasteiger partial charge in [0.15, 0.2) is 5.78 Å². The van der Waals surface area contributed by atoms with Crippen LogP contribution in [0.3, 0.4) is 0 Å². The highest BCUT2D eigenvalue weighted by Gasteiger charge is 2.47. The summed E-state index contributed by atoms with van der Waals surface area (Å²) in [4.78, 5) is 13.4. The number of carbonyl (C=O) groups excluding carboxylic acids is 1. The monoisotopic (exact) mass is 401 g/mol. The van der Waals surface area contributed by atoms with E-state index in [9.17, 15) is 4.79 Å². The smallest absolute Gasteiger partial charge is 0.169 e. The number of hydrogen-bond donors (Lipinski definition) is 0. The number of hydrogen-bond acceptors (Lipinski definition) is 3. The number of ether oxygens (including phenoxy) is 2. The van der Waals surface area contributed by atoms with E-state index in [4.69, 9.17) is 9.47 Å². The fraction of sp³-hybridized carbons (Fsp3) is 0.407. The molecule has 0 N–H and O–H groups in total. The average molecular weight is 402 g/mol. The predicted octanol–water partition coefficient (Wildman–Crippen LogP) is 5.83. The third kappa shape index (κ3) is 4.14. The van der Waals surface area contributed by atoms with Crippen LogP contribution in [-0.4, -0.2) is 26.6 Å². The molecule has 1 radical (unpaired) electrons.